The maximum atomic E-state index is 3.73. The van der Waals surface area contributed by atoms with E-state index in [0.29, 0.717) is 5.41 Å². The van der Waals surface area contributed by atoms with Crippen LogP contribution < -0.4 is 5.32 Å². The molecule has 0 aromatic carbocycles. The van der Waals surface area contributed by atoms with Crippen molar-refractivity contribution in [1.82, 2.24) is 5.32 Å². The average Bonchev–Trinajstić information content (AvgIpc) is 2.19. The molecule has 0 bridgehead atoms. The van der Waals surface area contributed by atoms with Gasteiger partial charge in [-0.25, -0.2) is 0 Å². The Balaban J connectivity index is 2.16. The van der Waals surface area contributed by atoms with Gasteiger partial charge in [0, 0.05) is 24.1 Å². The first kappa shape index (κ1) is 13.1. The number of nitrogens with one attached hydrogen (secondary N) is 1. The molecule has 1 rings (SSSR count). The van der Waals surface area contributed by atoms with Gasteiger partial charge in [0.05, 0.1) is 0 Å². The zero-order valence-corrected chi connectivity index (χ0v) is 11.0. The largest absolute Gasteiger partial charge is 0.313 e. The van der Waals surface area contributed by atoms with Gasteiger partial charge in [-0.2, -0.15) is 11.8 Å². The molecule has 0 radical (unpaired) electrons. The summed E-state index contributed by atoms with van der Waals surface area (Å²) < 4.78 is 0. The Hall–Kier alpha value is 0.0500. The summed E-state index contributed by atoms with van der Waals surface area (Å²) in [6.45, 7) is 9.68. The van der Waals surface area contributed by atoms with Crippen LogP contribution in [-0.4, -0.2) is 24.1 Å². The topological polar surface area (TPSA) is 12.0 Å². The van der Waals surface area contributed by atoms with Crippen molar-refractivity contribution in [2.45, 2.75) is 45.6 Å². The maximum absolute atomic E-state index is 3.73. The lowest BCUT2D eigenvalue weighted by Gasteiger charge is -2.39. The van der Waals surface area contributed by atoms with Gasteiger partial charge in [0.25, 0.3) is 0 Å². The third kappa shape index (κ3) is 4.60. The van der Waals surface area contributed by atoms with E-state index in [2.05, 4.69) is 25.7 Å². The molecule has 1 atom stereocenters. The third-order valence-corrected chi connectivity index (χ3v) is 4.34. The smallest absolute Gasteiger partial charge is 0.0119 e. The van der Waals surface area contributed by atoms with E-state index in [-0.39, 0.29) is 0 Å². The van der Waals surface area contributed by atoms with Crippen molar-refractivity contribution in [2.75, 3.05) is 18.1 Å². The Bertz CT molecular complexity index is 189. The normalized spacial score (nSPS) is 25.1. The van der Waals surface area contributed by atoms with Gasteiger partial charge in [-0.3, -0.25) is 0 Å². The van der Waals surface area contributed by atoms with E-state index in [0.717, 1.165) is 18.3 Å². The second-order valence-electron chi connectivity index (χ2n) is 5.10. The lowest BCUT2D eigenvalue weighted by atomic mass is 9.73. The standard InChI is InChI=1S/C13H25NS/c1-4-10-15-11-9-14-12-7-5-6-8-13(12,2)3/h4,12,14H,1,5-11H2,2-3H3. The van der Waals surface area contributed by atoms with Crippen LogP contribution in [-0.2, 0) is 0 Å². The van der Waals surface area contributed by atoms with Crippen molar-refractivity contribution in [3.63, 3.8) is 0 Å². The molecule has 1 unspecified atom stereocenters. The van der Waals surface area contributed by atoms with Crippen LogP contribution >= 0.6 is 11.8 Å². The van der Waals surface area contributed by atoms with E-state index in [1.54, 1.807) is 0 Å². The van der Waals surface area contributed by atoms with Crippen LogP contribution in [0, 0.1) is 5.41 Å². The SMILES string of the molecule is C=CCSCCNC1CCCCC1(C)C. The van der Waals surface area contributed by atoms with Gasteiger partial charge in [-0.15, -0.1) is 6.58 Å². The minimum absolute atomic E-state index is 0.501. The summed E-state index contributed by atoms with van der Waals surface area (Å²) in [5.41, 5.74) is 0.501. The summed E-state index contributed by atoms with van der Waals surface area (Å²) in [6, 6.07) is 0.732. The summed E-state index contributed by atoms with van der Waals surface area (Å²) >= 11 is 1.96. The number of hydrogen-bond donors (Lipinski definition) is 1. The zero-order chi connectivity index (χ0) is 11.1. The highest BCUT2D eigenvalue weighted by Crippen LogP contribution is 2.35. The summed E-state index contributed by atoms with van der Waals surface area (Å²) in [6.07, 6.45) is 7.54. The van der Waals surface area contributed by atoms with Gasteiger partial charge in [-0.1, -0.05) is 32.8 Å². The van der Waals surface area contributed by atoms with Crippen LogP contribution in [0.2, 0.25) is 0 Å². The van der Waals surface area contributed by atoms with E-state index in [1.165, 1.54) is 31.4 Å². The quantitative estimate of drug-likeness (QED) is 0.551. The second kappa shape index (κ2) is 6.59. The molecular weight excluding hydrogens is 202 g/mol. The van der Waals surface area contributed by atoms with Crippen molar-refractivity contribution < 1.29 is 0 Å². The minimum atomic E-state index is 0.501. The first-order chi connectivity index (χ1) is 7.17. The zero-order valence-electron chi connectivity index (χ0n) is 10.2. The molecule has 15 heavy (non-hydrogen) atoms. The molecule has 0 aromatic rings. The van der Waals surface area contributed by atoms with Gasteiger partial charge >= 0.3 is 0 Å². The molecule has 0 spiro atoms. The van der Waals surface area contributed by atoms with Gasteiger partial charge < -0.3 is 5.32 Å². The molecule has 1 nitrogen and oxygen atoms in total. The molecule has 0 saturated heterocycles. The first-order valence-corrected chi connectivity index (χ1v) is 7.24. The Kier molecular flexibility index (Phi) is 5.77. The van der Waals surface area contributed by atoms with Crippen molar-refractivity contribution in [1.29, 1.82) is 0 Å². The Labute approximate surface area is 99.1 Å². The summed E-state index contributed by atoms with van der Waals surface area (Å²) in [4.78, 5) is 0. The molecule has 1 aliphatic rings. The fraction of sp³-hybridized carbons (Fsp3) is 0.846. The Morgan fingerprint density at radius 1 is 1.47 bits per heavy atom. The summed E-state index contributed by atoms with van der Waals surface area (Å²) in [7, 11) is 0. The minimum Gasteiger partial charge on any atom is -0.313 e. The maximum Gasteiger partial charge on any atom is 0.0119 e. The van der Waals surface area contributed by atoms with Crippen LogP contribution in [0.5, 0.6) is 0 Å². The van der Waals surface area contributed by atoms with Crippen LogP contribution in [0.4, 0.5) is 0 Å². The molecule has 2 heteroatoms. The molecule has 0 aliphatic heterocycles. The lowest BCUT2D eigenvalue weighted by Crippen LogP contribution is -2.44. The fourth-order valence-corrected chi connectivity index (χ4v) is 2.94. The van der Waals surface area contributed by atoms with Crippen LogP contribution in [0.15, 0.2) is 12.7 Å². The number of hydrogen-bond acceptors (Lipinski definition) is 2. The van der Waals surface area contributed by atoms with E-state index in [9.17, 15) is 0 Å². The van der Waals surface area contributed by atoms with Crippen molar-refractivity contribution in [3.05, 3.63) is 12.7 Å². The van der Waals surface area contributed by atoms with Gasteiger partial charge in [-0.05, 0) is 18.3 Å². The van der Waals surface area contributed by atoms with Crippen molar-refractivity contribution >= 4 is 11.8 Å². The Morgan fingerprint density at radius 3 is 2.93 bits per heavy atom. The van der Waals surface area contributed by atoms with Crippen LogP contribution in [0.1, 0.15) is 39.5 Å². The molecular formula is C13H25NS. The lowest BCUT2D eigenvalue weighted by molar-refractivity contribution is 0.170. The molecule has 1 aliphatic carbocycles. The van der Waals surface area contributed by atoms with Gasteiger partial charge in [0.1, 0.15) is 0 Å². The van der Waals surface area contributed by atoms with Gasteiger partial charge in [0.15, 0.2) is 0 Å². The molecule has 1 fully saturated rings. The molecule has 88 valence electrons. The van der Waals surface area contributed by atoms with Crippen LogP contribution in [0.25, 0.3) is 0 Å². The highest BCUT2D eigenvalue weighted by atomic mass is 32.2. The number of thioether (sulfide) groups is 1. The fourth-order valence-electron chi connectivity index (χ4n) is 2.34. The third-order valence-electron chi connectivity index (χ3n) is 3.38. The molecule has 0 heterocycles. The second-order valence-corrected chi connectivity index (χ2v) is 6.25. The molecule has 1 saturated carbocycles. The Morgan fingerprint density at radius 2 is 2.27 bits per heavy atom. The molecule has 0 aromatic heterocycles. The van der Waals surface area contributed by atoms with Crippen LogP contribution in [0.3, 0.4) is 0 Å². The summed E-state index contributed by atoms with van der Waals surface area (Å²) in [5.74, 6) is 2.29. The van der Waals surface area contributed by atoms with E-state index in [1.807, 2.05) is 17.8 Å². The highest BCUT2D eigenvalue weighted by molar-refractivity contribution is 7.99. The van der Waals surface area contributed by atoms with E-state index < -0.39 is 0 Å². The summed E-state index contributed by atoms with van der Waals surface area (Å²) in [5, 5.41) is 3.72. The highest BCUT2D eigenvalue weighted by Gasteiger charge is 2.31. The predicted octanol–water partition coefficient (Wildman–Crippen LogP) is 3.46. The molecule has 1 N–H and O–H groups in total. The van der Waals surface area contributed by atoms with E-state index in [4.69, 9.17) is 0 Å². The average molecular weight is 227 g/mol. The van der Waals surface area contributed by atoms with E-state index >= 15 is 0 Å². The van der Waals surface area contributed by atoms with Gasteiger partial charge in [0.2, 0.25) is 0 Å². The monoisotopic (exact) mass is 227 g/mol. The molecule has 0 amide bonds. The number of rotatable bonds is 6. The predicted molar refractivity (Wildman–Crippen MR) is 71.6 cm³/mol. The van der Waals surface area contributed by atoms with Crippen molar-refractivity contribution in [3.8, 4) is 0 Å². The van der Waals surface area contributed by atoms with Crippen molar-refractivity contribution in [2.24, 2.45) is 5.41 Å². The first-order valence-electron chi connectivity index (χ1n) is 6.09.